The van der Waals surface area contributed by atoms with Gasteiger partial charge in [-0.2, -0.15) is 0 Å². The number of hydrogen-bond donors (Lipinski definition) is 2. The predicted molar refractivity (Wildman–Crippen MR) is 93.9 cm³/mol. The van der Waals surface area contributed by atoms with Gasteiger partial charge in [-0.15, -0.1) is 0 Å². The molecule has 1 heterocycles. The SMILES string of the molecule is Cc1nc(NC(=S)NCc2ccccc2)c(Br)cc1Br. The molecule has 2 rings (SSSR count). The van der Waals surface area contributed by atoms with Gasteiger partial charge in [0.05, 0.1) is 10.2 Å². The number of thiocarbonyl (C=S) groups is 1. The lowest BCUT2D eigenvalue weighted by Gasteiger charge is -2.12. The van der Waals surface area contributed by atoms with Gasteiger partial charge < -0.3 is 10.6 Å². The molecule has 20 heavy (non-hydrogen) atoms. The maximum atomic E-state index is 5.28. The van der Waals surface area contributed by atoms with Gasteiger partial charge in [-0.3, -0.25) is 0 Å². The largest absolute Gasteiger partial charge is 0.358 e. The molecule has 0 spiro atoms. The molecule has 104 valence electrons. The summed E-state index contributed by atoms with van der Waals surface area (Å²) in [6.07, 6.45) is 0. The van der Waals surface area contributed by atoms with Crippen LogP contribution in [0.1, 0.15) is 11.3 Å². The molecule has 0 saturated heterocycles. The Morgan fingerprint density at radius 3 is 2.60 bits per heavy atom. The molecule has 6 heteroatoms. The Morgan fingerprint density at radius 1 is 1.20 bits per heavy atom. The minimum Gasteiger partial charge on any atom is -0.358 e. The van der Waals surface area contributed by atoms with Crippen LogP contribution in [0.25, 0.3) is 0 Å². The highest BCUT2D eigenvalue weighted by molar-refractivity contribution is 9.11. The predicted octanol–water partition coefficient (Wildman–Crippen LogP) is 4.40. The zero-order chi connectivity index (χ0) is 14.5. The molecule has 0 saturated carbocycles. The topological polar surface area (TPSA) is 37.0 Å². The summed E-state index contributed by atoms with van der Waals surface area (Å²) in [6, 6.07) is 12.0. The highest BCUT2D eigenvalue weighted by Crippen LogP contribution is 2.26. The average Bonchev–Trinajstić information content (AvgIpc) is 2.44. The lowest BCUT2D eigenvalue weighted by molar-refractivity contribution is 0.924. The number of rotatable bonds is 3. The Labute approximate surface area is 140 Å². The van der Waals surface area contributed by atoms with E-state index in [1.165, 1.54) is 5.56 Å². The van der Waals surface area contributed by atoms with E-state index < -0.39 is 0 Å². The number of aromatic nitrogens is 1. The summed E-state index contributed by atoms with van der Waals surface area (Å²) in [7, 11) is 0. The van der Waals surface area contributed by atoms with Gasteiger partial charge in [-0.25, -0.2) is 4.98 Å². The molecule has 1 aromatic heterocycles. The summed E-state index contributed by atoms with van der Waals surface area (Å²) in [4.78, 5) is 4.43. The van der Waals surface area contributed by atoms with Crippen molar-refractivity contribution in [3.05, 3.63) is 56.6 Å². The van der Waals surface area contributed by atoms with Crippen molar-refractivity contribution in [3.63, 3.8) is 0 Å². The fourth-order valence-electron chi connectivity index (χ4n) is 1.58. The number of aryl methyl sites for hydroxylation is 1. The highest BCUT2D eigenvalue weighted by Gasteiger charge is 2.07. The molecule has 0 unspecified atom stereocenters. The number of benzene rings is 1. The van der Waals surface area contributed by atoms with E-state index in [1.807, 2.05) is 43.3 Å². The van der Waals surface area contributed by atoms with E-state index in [1.54, 1.807) is 0 Å². The Hall–Kier alpha value is -0.980. The first-order chi connectivity index (χ1) is 9.56. The lowest BCUT2D eigenvalue weighted by Crippen LogP contribution is -2.28. The van der Waals surface area contributed by atoms with Crippen LogP contribution in [0.15, 0.2) is 45.3 Å². The molecule has 0 aliphatic carbocycles. The zero-order valence-electron chi connectivity index (χ0n) is 10.8. The first-order valence-electron chi connectivity index (χ1n) is 5.97. The van der Waals surface area contributed by atoms with Gasteiger partial charge in [0.1, 0.15) is 5.82 Å². The van der Waals surface area contributed by atoms with Gasteiger partial charge in [-0.1, -0.05) is 30.3 Å². The summed E-state index contributed by atoms with van der Waals surface area (Å²) in [5.41, 5.74) is 2.08. The molecule has 0 aliphatic heterocycles. The van der Waals surface area contributed by atoms with E-state index in [0.717, 1.165) is 14.6 Å². The molecule has 0 radical (unpaired) electrons. The Bertz CT molecular complexity index is 617. The molecule has 1 aromatic carbocycles. The molecule has 0 aliphatic rings. The van der Waals surface area contributed by atoms with E-state index >= 15 is 0 Å². The van der Waals surface area contributed by atoms with Crippen molar-refractivity contribution < 1.29 is 0 Å². The second kappa shape index (κ2) is 7.15. The average molecular weight is 415 g/mol. The van der Waals surface area contributed by atoms with E-state index in [9.17, 15) is 0 Å². The third-order valence-corrected chi connectivity index (χ3v) is 4.29. The van der Waals surface area contributed by atoms with Gasteiger partial charge in [0.2, 0.25) is 0 Å². The van der Waals surface area contributed by atoms with Crippen molar-refractivity contribution in [2.45, 2.75) is 13.5 Å². The second-order valence-electron chi connectivity index (χ2n) is 4.18. The summed E-state index contributed by atoms with van der Waals surface area (Å²) < 4.78 is 1.82. The fraction of sp³-hybridized carbons (Fsp3) is 0.143. The molecule has 2 aromatic rings. The first-order valence-corrected chi connectivity index (χ1v) is 7.97. The van der Waals surface area contributed by atoms with Gasteiger partial charge in [-0.05, 0) is 62.6 Å². The highest BCUT2D eigenvalue weighted by atomic mass is 79.9. The van der Waals surface area contributed by atoms with Crippen LogP contribution in [-0.4, -0.2) is 10.1 Å². The lowest BCUT2D eigenvalue weighted by atomic mass is 10.2. The van der Waals surface area contributed by atoms with Crippen LogP contribution in [0, 0.1) is 6.92 Å². The number of nitrogens with zero attached hydrogens (tertiary/aromatic N) is 1. The number of hydrogen-bond acceptors (Lipinski definition) is 2. The first kappa shape index (κ1) is 15.4. The van der Waals surface area contributed by atoms with Crippen LogP contribution in [0.2, 0.25) is 0 Å². The summed E-state index contributed by atoms with van der Waals surface area (Å²) >= 11 is 12.2. The minimum absolute atomic E-state index is 0.545. The van der Waals surface area contributed by atoms with E-state index in [0.29, 0.717) is 17.5 Å². The van der Waals surface area contributed by atoms with Crippen molar-refractivity contribution >= 4 is 55.0 Å². The number of nitrogens with one attached hydrogen (secondary N) is 2. The third kappa shape index (κ3) is 4.26. The smallest absolute Gasteiger partial charge is 0.172 e. The molecule has 0 bridgehead atoms. The maximum Gasteiger partial charge on any atom is 0.172 e. The van der Waals surface area contributed by atoms with Crippen LogP contribution in [0.3, 0.4) is 0 Å². The van der Waals surface area contributed by atoms with Gasteiger partial charge in [0.25, 0.3) is 0 Å². The molecule has 0 atom stereocenters. The Morgan fingerprint density at radius 2 is 1.90 bits per heavy atom. The van der Waals surface area contributed by atoms with Crippen LogP contribution >= 0.6 is 44.1 Å². The third-order valence-electron chi connectivity index (χ3n) is 2.63. The molecular weight excluding hydrogens is 402 g/mol. The van der Waals surface area contributed by atoms with Crippen LogP contribution < -0.4 is 10.6 Å². The summed E-state index contributed by atoms with van der Waals surface area (Å²) in [6.45, 7) is 2.61. The van der Waals surface area contributed by atoms with Crippen LogP contribution in [0.4, 0.5) is 5.82 Å². The van der Waals surface area contributed by atoms with Crippen molar-refractivity contribution in [2.24, 2.45) is 0 Å². The van der Waals surface area contributed by atoms with Gasteiger partial charge >= 0.3 is 0 Å². The molecule has 0 amide bonds. The van der Waals surface area contributed by atoms with Crippen molar-refractivity contribution in [1.29, 1.82) is 0 Å². The monoisotopic (exact) mass is 413 g/mol. The van der Waals surface area contributed by atoms with Crippen molar-refractivity contribution in [1.82, 2.24) is 10.3 Å². The van der Waals surface area contributed by atoms with Crippen molar-refractivity contribution in [2.75, 3.05) is 5.32 Å². The quantitative estimate of drug-likeness (QED) is 0.729. The number of pyridine rings is 1. The molecule has 0 fully saturated rings. The van der Waals surface area contributed by atoms with Gasteiger partial charge in [0, 0.05) is 11.0 Å². The van der Waals surface area contributed by atoms with Crippen LogP contribution in [-0.2, 0) is 6.54 Å². The fourth-order valence-corrected chi connectivity index (χ4v) is 2.79. The zero-order valence-corrected chi connectivity index (χ0v) is 14.8. The second-order valence-corrected chi connectivity index (χ2v) is 6.30. The normalized spacial score (nSPS) is 10.2. The Balaban J connectivity index is 1.97. The van der Waals surface area contributed by atoms with Crippen molar-refractivity contribution in [3.8, 4) is 0 Å². The molecule has 3 nitrogen and oxygen atoms in total. The molecule has 2 N–H and O–H groups in total. The Kier molecular flexibility index (Phi) is 5.51. The summed E-state index contributed by atoms with van der Waals surface area (Å²) in [5.74, 6) is 0.705. The minimum atomic E-state index is 0.545. The number of halogens is 2. The summed E-state index contributed by atoms with van der Waals surface area (Å²) in [5, 5.41) is 6.79. The standard InChI is InChI=1S/C14H13Br2N3S/c1-9-11(15)7-12(16)13(18-9)19-14(20)17-8-10-5-3-2-4-6-10/h2-7H,8H2,1H3,(H2,17,18,19,20). The van der Waals surface area contributed by atoms with Crippen LogP contribution in [0.5, 0.6) is 0 Å². The van der Waals surface area contributed by atoms with Gasteiger partial charge in [0.15, 0.2) is 5.11 Å². The maximum absolute atomic E-state index is 5.28. The van der Waals surface area contributed by atoms with E-state index in [-0.39, 0.29) is 0 Å². The number of anilines is 1. The molecular formula is C14H13Br2N3S. The van der Waals surface area contributed by atoms with E-state index in [4.69, 9.17) is 12.2 Å². The van der Waals surface area contributed by atoms with E-state index in [2.05, 4.69) is 47.5 Å².